The van der Waals surface area contributed by atoms with Gasteiger partial charge in [-0.2, -0.15) is 16.7 Å². The molecule has 1 aromatic heterocycles. The number of aromatic nitrogens is 2. The van der Waals surface area contributed by atoms with E-state index in [1.165, 1.54) is 25.7 Å². The molecule has 0 amide bonds. The minimum Gasteiger partial charge on any atom is -0.337 e. The molecule has 0 spiro atoms. The Labute approximate surface area is 128 Å². The van der Waals surface area contributed by atoms with E-state index in [2.05, 4.69) is 10.1 Å². The van der Waals surface area contributed by atoms with Crippen LogP contribution in [0.15, 0.2) is 34.9 Å². The molecule has 5 heteroatoms. The van der Waals surface area contributed by atoms with E-state index in [1.807, 2.05) is 42.1 Å². The minimum absolute atomic E-state index is 0.367. The van der Waals surface area contributed by atoms with Gasteiger partial charge in [-0.3, -0.25) is 0 Å². The topological polar surface area (TPSA) is 38.9 Å². The van der Waals surface area contributed by atoms with Crippen LogP contribution < -0.4 is 0 Å². The summed E-state index contributed by atoms with van der Waals surface area (Å²) in [5.41, 5.74) is 0.979. The van der Waals surface area contributed by atoms with Gasteiger partial charge in [0, 0.05) is 5.25 Å². The minimum atomic E-state index is -0.367. The van der Waals surface area contributed by atoms with Gasteiger partial charge in [-0.05, 0) is 18.4 Å². The van der Waals surface area contributed by atoms with Crippen molar-refractivity contribution in [2.75, 3.05) is 0 Å². The van der Waals surface area contributed by atoms with Crippen molar-refractivity contribution in [3.63, 3.8) is 0 Å². The Kier molecular flexibility index (Phi) is 4.63. The van der Waals surface area contributed by atoms with Gasteiger partial charge < -0.3 is 4.52 Å². The lowest BCUT2D eigenvalue weighted by molar-refractivity contribution is 0.378. The molecule has 0 radical (unpaired) electrons. The highest BCUT2D eigenvalue weighted by Gasteiger charge is 2.20. The molecule has 1 aliphatic carbocycles. The van der Waals surface area contributed by atoms with E-state index in [1.54, 1.807) is 0 Å². The number of thioether (sulfide) groups is 1. The number of hydrogen-bond acceptors (Lipinski definition) is 4. The molecular formula is C15H17ClN2OS. The Bertz CT molecular complexity index is 540. The Balaban J connectivity index is 1.61. The lowest BCUT2D eigenvalue weighted by atomic mass is 10.1. The fourth-order valence-corrected chi connectivity index (χ4v) is 3.84. The second kappa shape index (κ2) is 6.64. The third-order valence-electron chi connectivity index (χ3n) is 3.54. The molecule has 1 atom stereocenters. The van der Waals surface area contributed by atoms with E-state index in [0.717, 1.165) is 22.4 Å². The molecule has 1 unspecified atom stereocenters. The largest absolute Gasteiger partial charge is 0.337 e. The van der Waals surface area contributed by atoms with Crippen molar-refractivity contribution < 1.29 is 4.52 Å². The van der Waals surface area contributed by atoms with Crippen molar-refractivity contribution in [3.05, 3.63) is 47.6 Å². The van der Waals surface area contributed by atoms with Crippen molar-refractivity contribution in [2.24, 2.45) is 0 Å². The normalized spacial score (nSPS) is 17.4. The second-order valence-electron chi connectivity index (χ2n) is 5.04. The quantitative estimate of drug-likeness (QED) is 0.758. The number of alkyl halides is 1. The zero-order chi connectivity index (χ0) is 13.8. The van der Waals surface area contributed by atoms with Crippen molar-refractivity contribution in [2.45, 2.75) is 42.1 Å². The van der Waals surface area contributed by atoms with Gasteiger partial charge in [0.2, 0.25) is 5.89 Å². The number of hydrogen-bond donors (Lipinski definition) is 0. The van der Waals surface area contributed by atoms with Crippen LogP contribution in [0.3, 0.4) is 0 Å². The molecule has 1 saturated carbocycles. The first-order valence-corrected chi connectivity index (χ1v) is 8.44. The summed E-state index contributed by atoms with van der Waals surface area (Å²) in [6, 6.07) is 9.81. The summed E-state index contributed by atoms with van der Waals surface area (Å²) < 4.78 is 5.29. The van der Waals surface area contributed by atoms with Gasteiger partial charge in [-0.1, -0.05) is 48.3 Å². The summed E-state index contributed by atoms with van der Waals surface area (Å²) in [6.07, 6.45) is 5.34. The molecule has 20 heavy (non-hydrogen) atoms. The summed E-state index contributed by atoms with van der Waals surface area (Å²) in [7, 11) is 0. The molecular weight excluding hydrogens is 292 g/mol. The van der Waals surface area contributed by atoms with E-state index in [4.69, 9.17) is 16.1 Å². The van der Waals surface area contributed by atoms with Crippen LogP contribution in [-0.4, -0.2) is 15.4 Å². The van der Waals surface area contributed by atoms with Crippen LogP contribution in [0.4, 0.5) is 0 Å². The molecule has 3 nitrogen and oxygen atoms in total. The maximum absolute atomic E-state index is 6.37. The lowest BCUT2D eigenvalue weighted by Crippen LogP contribution is -1.97. The van der Waals surface area contributed by atoms with Crippen LogP contribution in [0.2, 0.25) is 0 Å². The molecule has 1 aromatic carbocycles. The fraction of sp³-hybridized carbons (Fsp3) is 0.467. The third-order valence-corrected chi connectivity index (χ3v) is 5.35. The Morgan fingerprint density at radius 2 is 2.00 bits per heavy atom. The lowest BCUT2D eigenvalue weighted by Gasteiger charge is -2.05. The summed E-state index contributed by atoms with van der Waals surface area (Å²) in [6.45, 7) is 0. The highest BCUT2D eigenvalue weighted by molar-refractivity contribution is 7.99. The molecule has 1 aliphatic rings. The van der Waals surface area contributed by atoms with Crippen molar-refractivity contribution >= 4 is 23.4 Å². The average molecular weight is 309 g/mol. The van der Waals surface area contributed by atoms with Gasteiger partial charge in [0.15, 0.2) is 5.82 Å². The predicted octanol–water partition coefficient (Wildman–Crippen LogP) is 4.57. The summed E-state index contributed by atoms with van der Waals surface area (Å²) >= 11 is 8.30. The van der Waals surface area contributed by atoms with Gasteiger partial charge in [-0.15, -0.1) is 11.6 Å². The standard InChI is InChI=1S/C15H17ClN2OS/c16-14(11-6-2-1-3-7-11)15-17-13(18-19-15)10-20-12-8-4-5-9-12/h1-3,6-7,12,14H,4-5,8-10H2. The van der Waals surface area contributed by atoms with Crippen LogP contribution >= 0.6 is 23.4 Å². The highest BCUT2D eigenvalue weighted by Crippen LogP contribution is 2.32. The Morgan fingerprint density at radius 3 is 2.75 bits per heavy atom. The van der Waals surface area contributed by atoms with Crippen LogP contribution in [0.1, 0.15) is 48.3 Å². The SMILES string of the molecule is ClC(c1ccccc1)c1nc(CSC2CCCC2)no1. The van der Waals surface area contributed by atoms with E-state index in [-0.39, 0.29) is 5.38 Å². The fourth-order valence-electron chi connectivity index (χ4n) is 2.44. The Hall–Kier alpha value is -1.00. The van der Waals surface area contributed by atoms with Gasteiger partial charge in [0.1, 0.15) is 5.38 Å². The Morgan fingerprint density at radius 1 is 1.25 bits per heavy atom. The predicted molar refractivity (Wildman–Crippen MR) is 82.0 cm³/mol. The second-order valence-corrected chi connectivity index (χ2v) is 6.76. The zero-order valence-corrected chi connectivity index (χ0v) is 12.7. The first-order valence-electron chi connectivity index (χ1n) is 6.96. The molecule has 0 aliphatic heterocycles. The van der Waals surface area contributed by atoms with Crippen molar-refractivity contribution in [1.29, 1.82) is 0 Å². The first-order chi connectivity index (χ1) is 9.83. The number of halogens is 1. The van der Waals surface area contributed by atoms with Gasteiger partial charge in [0.25, 0.3) is 0 Å². The van der Waals surface area contributed by atoms with Gasteiger partial charge >= 0.3 is 0 Å². The van der Waals surface area contributed by atoms with E-state index >= 15 is 0 Å². The maximum Gasteiger partial charge on any atom is 0.249 e. The van der Waals surface area contributed by atoms with Crippen LogP contribution in [0.5, 0.6) is 0 Å². The third kappa shape index (κ3) is 3.36. The van der Waals surface area contributed by atoms with E-state index in [0.29, 0.717) is 5.89 Å². The first kappa shape index (κ1) is 14.0. The number of benzene rings is 1. The molecule has 3 rings (SSSR count). The van der Waals surface area contributed by atoms with Crippen LogP contribution in [0, 0.1) is 0 Å². The summed E-state index contributed by atoms with van der Waals surface area (Å²) in [5, 5.41) is 4.43. The molecule has 106 valence electrons. The van der Waals surface area contributed by atoms with Gasteiger partial charge in [0.05, 0.1) is 5.75 Å². The number of nitrogens with zero attached hydrogens (tertiary/aromatic N) is 2. The monoisotopic (exact) mass is 308 g/mol. The van der Waals surface area contributed by atoms with E-state index < -0.39 is 0 Å². The zero-order valence-electron chi connectivity index (χ0n) is 11.2. The smallest absolute Gasteiger partial charge is 0.249 e. The van der Waals surface area contributed by atoms with Gasteiger partial charge in [-0.25, -0.2) is 0 Å². The molecule has 0 N–H and O–H groups in total. The molecule has 0 saturated heterocycles. The van der Waals surface area contributed by atoms with Crippen molar-refractivity contribution in [3.8, 4) is 0 Å². The highest BCUT2D eigenvalue weighted by atomic mass is 35.5. The van der Waals surface area contributed by atoms with Crippen LogP contribution in [-0.2, 0) is 5.75 Å². The molecule has 1 heterocycles. The maximum atomic E-state index is 6.37. The average Bonchev–Trinajstić information content (AvgIpc) is 3.17. The van der Waals surface area contributed by atoms with E-state index in [9.17, 15) is 0 Å². The molecule has 1 fully saturated rings. The molecule has 2 aromatic rings. The summed E-state index contributed by atoms with van der Waals surface area (Å²) in [4.78, 5) is 4.42. The van der Waals surface area contributed by atoms with Crippen LogP contribution in [0.25, 0.3) is 0 Å². The van der Waals surface area contributed by atoms with Crippen molar-refractivity contribution in [1.82, 2.24) is 10.1 Å². The number of rotatable bonds is 5. The summed E-state index contributed by atoms with van der Waals surface area (Å²) in [5.74, 6) is 2.05. The molecule has 0 bridgehead atoms.